The lowest BCUT2D eigenvalue weighted by Crippen LogP contribution is -2.48. The molecule has 5 rings (SSSR count). The number of aromatic nitrogens is 4. The molecule has 0 aliphatic carbocycles. The number of thioether (sulfide) groups is 1. The highest BCUT2D eigenvalue weighted by Crippen LogP contribution is 2.21. The van der Waals surface area contributed by atoms with E-state index in [9.17, 15) is 4.79 Å². The average Bonchev–Trinajstić information content (AvgIpc) is 2.78. The number of hydrogen-bond acceptors (Lipinski definition) is 7. The molecule has 8 heteroatoms. The highest BCUT2D eigenvalue weighted by molar-refractivity contribution is 7.98. The monoisotopic (exact) mass is 408 g/mol. The van der Waals surface area contributed by atoms with Gasteiger partial charge in [0.05, 0.1) is 29.5 Å². The lowest BCUT2D eigenvalue weighted by molar-refractivity contribution is 0.242. The fourth-order valence-corrected chi connectivity index (χ4v) is 4.90. The molecule has 1 fully saturated rings. The van der Waals surface area contributed by atoms with Crippen LogP contribution in [-0.4, -0.2) is 63.1 Å². The summed E-state index contributed by atoms with van der Waals surface area (Å²) < 4.78 is 1.65. The van der Waals surface area contributed by atoms with Gasteiger partial charge in [-0.25, -0.2) is 9.67 Å². The van der Waals surface area contributed by atoms with Crippen LogP contribution in [0.5, 0.6) is 0 Å². The number of rotatable bonds is 4. The zero-order chi connectivity index (χ0) is 19.6. The molecule has 7 nitrogen and oxygen atoms in total. The Kier molecular flexibility index (Phi) is 5.20. The van der Waals surface area contributed by atoms with Crippen molar-refractivity contribution in [1.82, 2.24) is 24.6 Å². The van der Waals surface area contributed by atoms with Gasteiger partial charge in [0, 0.05) is 51.0 Å². The Labute approximate surface area is 173 Å². The Morgan fingerprint density at radius 3 is 2.72 bits per heavy atom. The van der Waals surface area contributed by atoms with E-state index in [-0.39, 0.29) is 5.56 Å². The predicted molar refractivity (Wildman–Crippen MR) is 117 cm³/mol. The first kappa shape index (κ1) is 18.6. The molecule has 0 N–H and O–H groups in total. The first-order valence-corrected chi connectivity index (χ1v) is 11.3. The van der Waals surface area contributed by atoms with Crippen molar-refractivity contribution in [2.45, 2.75) is 18.7 Å². The highest BCUT2D eigenvalue weighted by Gasteiger charge is 2.19. The molecule has 0 saturated carbocycles. The summed E-state index contributed by atoms with van der Waals surface area (Å²) >= 11 is 1.88. The summed E-state index contributed by atoms with van der Waals surface area (Å²) in [4.78, 5) is 26.3. The van der Waals surface area contributed by atoms with Crippen LogP contribution in [0.4, 0.5) is 5.82 Å². The Bertz CT molecular complexity index is 1080. The van der Waals surface area contributed by atoms with Crippen molar-refractivity contribution in [3.63, 3.8) is 0 Å². The number of para-hydroxylation sites is 2. The molecule has 2 aromatic heterocycles. The molecule has 0 bridgehead atoms. The molecular formula is C21H24N6OS. The average molecular weight is 409 g/mol. The third-order valence-electron chi connectivity index (χ3n) is 5.67. The minimum Gasteiger partial charge on any atom is -0.353 e. The molecule has 3 aromatic rings. The molecule has 0 atom stereocenters. The first-order valence-electron chi connectivity index (χ1n) is 10.1. The van der Waals surface area contributed by atoms with Gasteiger partial charge in [0.2, 0.25) is 0 Å². The maximum absolute atomic E-state index is 12.4. The molecule has 0 unspecified atom stereocenters. The largest absolute Gasteiger partial charge is 0.353 e. The van der Waals surface area contributed by atoms with Crippen molar-refractivity contribution in [2.24, 2.45) is 0 Å². The normalized spacial score (nSPS) is 17.4. The summed E-state index contributed by atoms with van der Waals surface area (Å²) in [6, 6.07) is 9.75. The topological polar surface area (TPSA) is 67.2 Å². The second kappa shape index (κ2) is 8.12. The van der Waals surface area contributed by atoms with E-state index in [0.29, 0.717) is 6.54 Å². The van der Waals surface area contributed by atoms with Crippen molar-refractivity contribution in [3.05, 3.63) is 58.1 Å². The second-order valence-corrected chi connectivity index (χ2v) is 8.63. The minimum atomic E-state index is 0.0244. The SMILES string of the molecule is O=c1cc2c(nn1CCN1CCN(c3cnc4ccccc4n3)CC1)CCSC2. The van der Waals surface area contributed by atoms with E-state index in [1.54, 1.807) is 10.7 Å². The first-order chi connectivity index (χ1) is 14.3. The number of hydrogen-bond donors (Lipinski definition) is 0. The van der Waals surface area contributed by atoms with Gasteiger partial charge in [-0.1, -0.05) is 12.1 Å². The van der Waals surface area contributed by atoms with Crippen molar-refractivity contribution < 1.29 is 0 Å². The van der Waals surface area contributed by atoms with Gasteiger partial charge in [-0.2, -0.15) is 16.9 Å². The van der Waals surface area contributed by atoms with Gasteiger partial charge in [0.25, 0.3) is 5.56 Å². The molecule has 150 valence electrons. The van der Waals surface area contributed by atoms with Crippen LogP contribution < -0.4 is 10.5 Å². The minimum absolute atomic E-state index is 0.0244. The number of anilines is 1. The van der Waals surface area contributed by atoms with Gasteiger partial charge < -0.3 is 4.90 Å². The number of fused-ring (bicyclic) bond motifs is 2. The summed E-state index contributed by atoms with van der Waals surface area (Å²) in [7, 11) is 0. The quantitative estimate of drug-likeness (QED) is 0.652. The maximum atomic E-state index is 12.4. The summed E-state index contributed by atoms with van der Waals surface area (Å²) in [5, 5.41) is 4.62. The fourth-order valence-electron chi connectivity index (χ4n) is 3.95. The Hall–Kier alpha value is -2.45. The van der Waals surface area contributed by atoms with Crippen LogP contribution in [0, 0.1) is 0 Å². The van der Waals surface area contributed by atoms with Crippen molar-refractivity contribution in [3.8, 4) is 0 Å². The molecule has 29 heavy (non-hydrogen) atoms. The number of aryl methyl sites for hydroxylation is 1. The number of benzene rings is 1. The summed E-state index contributed by atoms with van der Waals surface area (Å²) in [6.07, 6.45) is 2.83. The third kappa shape index (κ3) is 4.00. The standard InChI is InChI=1S/C21H24N6OS/c28-21-13-16-15-29-12-5-17(16)24-27(21)11-8-25-6-9-26(10-7-25)20-14-22-18-3-1-2-4-19(18)23-20/h1-4,13-14H,5-12,15H2. The van der Waals surface area contributed by atoms with E-state index in [1.807, 2.05) is 42.2 Å². The second-order valence-electron chi connectivity index (χ2n) is 7.53. The molecule has 0 amide bonds. The molecule has 0 spiro atoms. The number of nitrogens with zero attached hydrogens (tertiary/aromatic N) is 6. The number of piperazine rings is 1. The summed E-state index contributed by atoms with van der Waals surface area (Å²) in [6.45, 7) is 5.22. The van der Waals surface area contributed by atoms with Crippen LogP contribution in [0.1, 0.15) is 11.3 Å². The van der Waals surface area contributed by atoms with Crippen LogP contribution in [0.15, 0.2) is 41.3 Å². The highest BCUT2D eigenvalue weighted by atomic mass is 32.2. The van der Waals surface area contributed by atoms with Crippen LogP contribution >= 0.6 is 11.8 Å². The van der Waals surface area contributed by atoms with Gasteiger partial charge in [-0.3, -0.25) is 14.7 Å². The maximum Gasteiger partial charge on any atom is 0.267 e. The summed E-state index contributed by atoms with van der Waals surface area (Å²) in [5.74, 6) is 2.95. The van der Waals surface area contributed by atoms with E-state index >= 15 is 0 Å². The van der Waals surface area contributed by atoms with Gasteiger partial charge in [0.1, 0.15) is 5.82 Å². The van der Waals surface area contributed by atoms with Crippen LogP contribution in [0.25, 0.3) is 11.0 Å². The molecule has 0 radical (unpaired) electrons. The zero-order valence-corrected chi connectivity index (χ0v) is 17.1. The van der Waals surface area contributed by atoms with Crippen molar-refractivity contribution in [2.75, 3.05) is 43.4 Å². The van der Waals surface area contributed by atoms with Crippen LogP contribution in [0.2, 0.25) is 0 Å². The van der Waals surface area contributed by atoms with Crippen molar-refractivity contribution in [1.29, 1.82) is 0 Å². The van der Waals surface area contributed by atoms with Gasteiger partial charge in [-0.05, 0) is 23.4 Å². The molecule has 1 aromatic carbocycles. The smallest absolute Gasteiger partial charge is 0.267 e. The lowest BCUT2D eigenvalue weighted by atomic mass is 10.2. The Morgan fingerprint density at radius 1 is 1.03 bits per heavy atom. The van der Waals surface area contributed by atoms with Crippen LogP contribution in [-0.2, 0) is 18.7 Å². The Balaban J connectivity index is 1.19. The van der Waals surface area contributed by atoms with Gasteiger partial charge in [0.15, 0.2) is 0 Å². The van der Waals surface area contributed by atoms with Crippen molar-refractivity contribution >= 4 is 28.6 Å². The van der Waals surface area contributed by atoms with Crippen LogP contribution in [0.3, 0.4) is 0 Å². The molecule has 4 heterocycles. The predicted octanol–water partition coefficient (Wildman–Crippen LogP) is 1.80. The van der Waals surface area contributed by atoms with Gasteiger partial charge in [-0.15, -0.1) is 0 Å². The molecule has 2 aliphatic rings. The zero-order valence-electron chi connectivity index (χ0n) is 16.3. The van der Waals surface area contributed by atoms with Gasteiger partial charge >= 0.3 is 0 Å². The Morgan fingerprint density at radius 2 is 1.86 bits per heavy atom. The van der Waals surface area contributed by atoms with E-state index in [1.165, 1.54) is 0 Å². The third-order valence-corrected chi connectivity index (χ3v) is 6.67. The lowest BCUT2D eigenvalue weighted by Gasteiger charge is -2.35. The van der Waals surface area contributed by atoms with E-state index in [0.717, 1.165) is 78.8 Å². The van der Waals surface area contributed by atoms with E-state index in [2.05, 4.69) is 19.9 Å². The van der Waals surface area contributed by atoms with E-state index in [4.69, 9.17) is 4.98 Å². The summed E-state index contributed by atoms with van der Waals surface area (Å²) in [5.41, 5.74) is 4.10. The van der Waals surface area contributed by atoms with E-state index < -0.39 is 0 Å². The molecule has 2 aliphatic heterocycles. The fraction of sp³-hybridized carbons (Fsp3) is 0.429. The molecule has 1 saturated heterocycles. The molecular weight excluding hydrogens is 384 g/mol.